The van der Waals surface area contributed by atoms with Gasteiger partial charge in [0.1, 0.15) is 5.82 Å². The molecule has 2 heterocycles. The zero-order valence-corrected chi connectivity index (χ0v) is 11.4. The first-order valence-electron chi connectivity index (χ1n) is 5.45. The molecule has 88 valence electrons. The number of aryl methyl sites for hydroxylation is 1. The molecule has 0 saturated carbocycles. The summed E-state index contributed by atoms with van der Waals surface area (Å²) < 4.78 is 1.03. The highest BCUT2D eigenvalue weighted by atomic mass is 79.9. The molecule has 1 atom stereocenters. The molecule has 0 radical (unpaired) electrons. The summed E-state index contributed by atoms with van der Waals surface area (Å²) in [5.74, 6) is 0.884. The van der Waals surface area contributed by atoms with Crippen LogP contribution < -0.4 is 5.32 Å². The fourth-order valence-electron chi connectivity index (χ4n) is 1.58. The molecule has 0 aliphatic rings. The number of halogens is 1. The van der Waals surface area contributed by atoms with E-state index in [1.807, 2.05) is 31.3 Å². The maximum absolute atomic E-state index is 4.33. The lowest BCUT2D eigenvalue weighted by Crippen LogP contribution is -2.08. The quantitative estimate of drug-likeness (QED) is 0.937. The van der Waals surface area contributed by atoms with E-state index in [1.165, 1.54) is 11.1 Å². The molecule has 0 fully saturated rings. The van der Waals surface area contributed by atoms with Crippen LogP contribution in [0.5, 0.6) is 0 Å². The van der Waals surface area contributed by atoms with Crippen LogP contribution in [0.1, 0.15) is 24.1 Å². The zero-order chi connectivity index (χ0) is 12.3. The molecule has 0 amide bonds. The van der Waals surface area contributed by atoms with Gasteiger partial charge < -0.3 is 5.32 Å². The van der Waals surface area contributed by atoms with Crippen LogP contribution in [-0.4, -0.2) is 9.97 Å². The van der Waals surface area contributed by atoms with Gasteiger partial charge in [0.25, 0.3) is 0 Å². The Morgan fingerprint density at radius 3 is 2.65 bits per heavy atom. The van der Waals surface area contributed by atoms with E-state index in [2.05, 4.69) is 38.1 Å². The van der Waals surface area contributed by atoms with Crippen molar-refractivity contribution in [1.29, 1.82) is 0 Å². The Hall–Kier alpha value is -1.42. The van der Waals surface area contributed by atoms with E-state index in [1.54, 1.807) is 12.4 Å². The SMILES string of the molecule is Cc1cc(NC(C)c2ccncc2)ncc1Br. The van der Waals surface area contributed by atoms with E-state index >= 15 is 0 Å². The van der Waals surface area contributed by atoms with Crippen LogP contribution in [0.3, 0.4) is 0 Å². The normalized spacial score (nSPS) is 12.2. The highest BCUT2D eigenvalue weighted by Gasteiger charge is 2.06. The number of aromatic nitrogens is 2. The predicted octanol–water partition coefficient (Wildman–Crippen LogP) is 3.72. The maximum Gasteiger partial charge on any atom is 0.126 e. The number of hydrogen-bond donors (Lipinski definition) is 1. The van der Waals surface area contributed by atoms with Crippen molar-refractivity contribution in [3.05, 3.63) is 52.4 Å². The molecule has 1 unspecified atom stereocenters. The second kappa shape index (κ2) is 5.27. The molecule has 1 N–H and O–H groups in total. The summed E-state index contributed by atoms with van der Waals surface area (Å²) in [5, 5.41) is 3.37. The standard InChI is InChI=1S/C13H14BrN3/c1-9-7-13(16-8-12(9)14)17-10(2)11-3-5-15-6-4-11/h3-8,10H,1-2H3,(H,16,17). The molecule has 0 aliphatic heterocycles. The van der Waals surface area contributed by atoms with Gasteiger partial charge in [-0.25, -0.2) is 4.98 Å². The number of anilines is 1. The number of pyridine rings is 2. The molecular weight excluding hydrogens is 278 g/mol. The summed E-state index contributed by atoms with van der Waals surface area (Å²) >= 11 is 3.44. The van der Waals surface area contributed by atoms with E-state index < -0.39 is 0 Å². The first-order valence-corrected chi connectivity index (χ1v) is 6.24. The highest BCUT2D eigenvalue weighted by molar-refractivity contribution is 9.10. The van der Waals surface area contributed by atoms with Gasteiger partial charge in [-0.15, -0.1) is 0 Å². The van der Waals surface area contributed by atoms with E-state index in [9.17, 15) is 0 Å². The van der Waals surface area contributed by atoms with Gasteiger partial charge >= 0.3 is 0 Å². The predicted molar refractivity (Wildman–Crippen MR) is 72.9 cm³/mol. The van der Waals surface area contributed by atoms with Gasteiger partial charge in [0.2, 0.25) is 0 Å². The van der Waals surface area contributed by atoms with Crippen LogP contribution in [0.4, 0.5) is 5.82 Å². The van der Waals surface area contributed by atoms with Crippen LogP contribution >= 0.6 is 15.9 Å². The second-order valence-corrected chi connectivity index (χ2v) is 4.82. The van der Waals surface area contributed by atoms with Crippen LogP contribution in [0.25, 0.3) is 0 Å². The van der Waals surface area contributed by atoms with Gasteiger partial charge in [0, 0.05) is 23.1 Å². The molecule has 2 aromatic rings. The van der Waals surface area contributed by atoms with Crippen molar-refractivity contribution in [3.63, 3.8) is 0 Å². The fourth-order valence-corrected chi connectivity index (χ4v) is 1.79. The van der Waals surface area contributed by atoms with Crippen LogP contribution in [0, 0.1) is 6.92 Å². The maximum atomic E-state index is 4.33. The number of nitrogens with zero attached hydrogens (tertiary/aromatic N) is 2. The first kappa shape index (κ1) is 12.0. The van der Waals surface area contributed by atoms with Crippen molar-refractivity contribution in [3.8, 4) is 0 Å². The molecule has 0 aliphatic carbocycles. The third-order valence-corrected chi connectivity index (χ3v) is 3.45. The minimum absolute atomic E-state index is 0.214. The zero-order valence-electron chi connectivity index (χ0n) is 9.81. The van der Waals surface area contributed by atoms with Crippen LogP contribution in [0.2, 0.25) is 0 Å². The first-order chi connectivity index (χ1) is 8.16. The fraction of sp³-hybridized carbons (Fsp3) is 0.231. The van der Waals surface area contributed by atoms with Crippen molar-refractivity contribution >= 4 is 21.7 Å². The van der Waals surface area contributed by atoms with Gasteiger partial charge in [-0.05, 0) is 59.1 Å². The third-order valence-electron chi connectivity index (χ3n) is 2.62. The van der Waals surface area contributed by atoms with Gasteiger partial charge in [-0.2, -0.15) is 0 Å². The van der Waals surface area contributed by atoms with Gasteiger partial charge in [-0.1, -0.05) is 0 Å². The lowest BCUT2D eigenvalue weighted by atomic mass is 10.1. The molecule has 2 rings (SSSR count). The average molecular weight is 292 g/mol. The molecule has 2 aromatic heterocycles. The summed E-state index contributed by atoms with van der Waals surface area (Å²) in [6, 6.07) is 6.25. The number of nitrogens with one attached hydrogen (secondary N) is 1. The lowest BCUT2D eigenvalue weighted by molar-refractivity contribution is 0.870. The third kappa shape index (κ3) is 3.03. The number of rotatable bonds is 3. The summed E-state index contributed by atoms with van der Waals surface area (Å²) in [4.78, 5) is 8.34. The summed E-state index contributed by atoms with van der Waals surface area (Å²) in [5.41, 5.74) is 2.37. The summed E-state index contributed by atoms with van der Waals surface area (Å²) in [6.45, 7) is 4.16. The second-order valence-electron chi connectivity index (χ2n) is 3.97. The van der Waals surface area contributed by atoms with E-state index in [0.29, 0.717) is 0 Å². The minimum Gasteiger partial charge on any atom is -0.364 e. The Balaban J connectivity index is 2.13. The number of hydrogen-bond acceptors (Lipinski definition) is 3. The molecular formula is C13H14BrN3. The van der Waals surface area contributed by atoms with Crippen LogP contribution in [0.15, 0.2) is 41.3 Å². The minimum atomic E-state index is 0.214. The van der Waals surface area contributed by atoms with E-state index in [-0.39, 0.29) is 6.04 Å². The van der Waals surface area contributed by atoms with Crippen molar-refractivity contribution in [2.45, 2.75) is 19.9 Å². The summed E-state index contributed by atoms with van der Waals surface area (Å²) in [7, 11) is 0. The van der Waals surface area contributed by atoms with Crippen molar-refractivity contribution in [1.82, 2.24) is 9.97 Å². The largest absolute Gasteiger partial charge is 0.364 e. The van der Waals surface area contributed by atoms with Gasteiger partial charge in [0.15, 0.2) is 0 Å². The van der Waals surface area contributed by atoms with Gasteiger partial charge in [-0.3, -0.25) is 4.98 Å². The Labute approximate surface area is 109 Å². The molecule has 0 spiro atoms. The van der Waals surface area contributed by atoms with Crippen molar-refractivity contribution < 1.29 is 0 Å². The average Bonchev–Trinajstić information content (AvgIpc) is 2.35. The van der Waals surface area contributed by atoms with E-state index in [4.69, 9.17) is 0 Å². The van der Waals surface area contributed by atoms with Crippen molar-refractivity contribution in [2.75, 3.05) is 5.32 Å². The molecule has 0 aromatic carbocycles. The smallest absolute Gasteiger partial charge is 0.126 e. The Morgan fingerprint density at radius 1 is 1.29 bits per heavy atom. The summed E-state index contributed by atoms with van der Waals surface area (Å²) in [6.07, 6.45) is 5.42. The van der Waals surface area contributed by atoms with Gasteiger partial charge in [0.05, 0.1) is 6.04 Å². The Bertz CT molecular complexity index is 499. The molecule has 0 saturated heterocycles. The molecule has 3 nitrogen and oxygen atoms in total. The Morgan fingerprint density at radius 2 is 2.00 bits per heavy atom. The monoisotopic (exact) mass is 291 g/mol. The lowest BCUT2D eigenvalue weighted by Gasteiger charge is -2.15. The topological polar surface area (TPSA) is 37.8 Å². The molecule has 17 heavy (non-hydrogen) atoms. The van der Waals surface area contributed by atoms with Crippen LogP contribution in [-0.2, 0) is 0 Å². The van der Waals surface area contributed by atoms with E-state index in [0.717, 1.165) is 10.3 Å². The molecule has 4 heteroatoms. The highest BCUT2D eigenvalue weighted by Crippen LogP contribution is 2.21. The van der Waals surface area contributed by atoms with Crippen molar-refractivity contribution in [2.24, 2.45) is 0 Å². The Kier molecular flexibility index (Phi) is 3.74. The molecule has 0 bridgehead atoms.